The second kappa shape index (κ2) is 6.71. The Labute approximate surface area is 113 Å². The Morgan fingerprint density at radius 1 is 1.56 bits per heavy atom. The average Bonchev–Trinajstić information content (AvgIpc) is 2.76. The van der Waals surface area contributed by atoms with Gasteiger partial charge >= 0.3 is 0 Å². The SMILES string of the molecule is Cc1ccc(NC(=O)CC2CCCN2)cc1F.Cl. The van der Waals surface area contributed by atoms with Gasteiger partial charge in [-0.3, -0.25) is 4.79 Å². The molecule has 1 fully saturated rings. The number of amides is 1. The zero-order valence-corrected chi connectivity index (χ0v) is 11.1. The van der Waals surface area contributed by atoms with E-state index in [1.54, 1.807) is 19.1 Å². The molecule has 0 radical (unpaired) electrons. The van der Waals surface area contributed by atoms with Gasteiger partial charge in [-0.25, -0.2) is 4.39 Å². The molecular formula is C13H18ClFN2O. The number of halogens is 2. The van der Waals surface area contributed by atoms with Crippen LogP contribution in [0, 0.1) is 12.7 Å². The van der Waals surface area contributed by atoms with E-state index in [2.05, 4.69) is 10.6 Å². The molecule has 18 heavy (non-hydrogen) atoms. The minimum Gasteiger partial charge on any atom is -0.326 e. The summed E-state index contributed by atoms with van der Waals surface area (Å²) in [5.41, 5.74) is 1.11. The van der Waals surface area contributed by atoms with E-state index in [1.807, 2.05) is 0 Å². The van der Waals surface area contributed by atoms with Crippen LogP contribution in [0.3, 0.4) is 0 Å². The predicted octanol–water partition coefficient (Wildman–Crippen LogP) is 2.64. The fraction of sp³-hybridized carbons (Fsp3) is 0.462. The van der Waals surface area contributed by atoms with Gasteiger partial charge in [0.25, 0.3) is 0 Å². The summed E-state index contributed by atoms with van der Waals surface area (Å²) in [5, 5.41) is 5.98. The predicted molar refractivity (Wildman–Crippen MR) is 72.7 cm³/mol. The van der Waals surface area contributed by atoms with Crippen LogP contribution in [0.15, 0.2) is 18.2 Å². The summed E-state index contributed by atoms with van der Waals surface area (Å²) < 4.78 is 13.3. The van der Waals surface area contributed by atoms with Gasteiger partial charge in [0.15, 0.2) is 0 Å². The van der Waals surface area contributed by atoms with Crippen molar-refractivity contribution in [3.05, 3.63) is 29.6 Å². The molecule has 1 amide bonds. The molecule has 100 valence electrons. The molecule has 0 aliphatic carbocycles. The van der Waals surface area contributed by atoms with Crippen LogP contribution in [0.1, 0.15) is 24.8 Å². The zero-order chi connectivity index (χ0) is 12.3. The van der Waals surface area contributed by atoms with Crippen LogP contribution in [-0.4, -0.2) is 18.5 Å². The Bertz CT molecular complexity index is 419. The smallest absolute Gasteiger partial charge is 0.225 e. The maximum atomic E-state index is 13.3. The van der Waals surface area contributed by atoms with Crippen molar-refractivity contribution >= 4 is 24.0 Å². The Morgan fingerprint density at radius 2 is 2.33 bits per heavy atom. The summed E-state index contributed by atoms with van der Waals surface area (Å²) in [6, 6.07) is 5.01. The quantitative estimate of drug-likeness (QED) is 0.888. The Kier molecular flexibility index (Phi) is 5.56. The molecule has 0 saturated carbocycles. The number of hydrogen-bond acceptors (Lipinski definition) is 2. The first-order chi connectivity index (χ1) is 8.15. The first kappa shape index (κ1) is 14.9. The Morgan fingerprint density at radius 3 is 2.94 bits per heavy atom. The summed E-state index contributed by atoms with van der Waals surface area (Å²) >= 11 is 0. The lowest BCUT2D eigenvalue weighted by Gasteiger charge is -2.10. The van der Waals surface area contributed by atoms with Crippen molar-refractivity contribution in [2.24, 2.45) is 0 Å². The Balaban J connectivity index is 0.00000162. The highest BCUT2D eigenvalue weighted by Crippen LogP contribution is 2.15. The number of aryl methyl sites for hydroxylation is 1. The summed E-state index contributed by atoms with van der Waals surface area (Å²) in [6.45, 7) is 2.68. The van der Waals surface area contributed by atoms with Crippen molar-refractivity contribution < 1.29 is 9.18 Å². The monoisotopic (exact) mass is 272 g/mol. The highest BCUT2D eigenvalue weighted by Gasteiger charge is 2.17. The molecule has 1 aromatic rings. The molecule has 5 heteroatoms. The molecule has 1 saturated heterocycles. The molecule has 1 atom stereocenters. The third kappa shape index (κ3) is 3.96. The molecule has 1 aliphatic rings. The van der Waals surface area contributed by atoms with Gasteiger partial charge < -0.3 is 10.6 Å². The molecule has 1 heterocycles. The molecule has 1 unspecified atom stereocenters. The van der Waals surface area contributed by atoms with E-state index >= 15 is 0 Å². The third-order valence-corrected chi connectivity index (χ3v) is 3.05. The van der Waals surface area contributed by atoms with Crippen LogP contribution in [0.4, 0.5) is 10.1 Å². The number of rotatable bonds is 3. The van der Waals surface area contributed by atoms with Crippen LogP contribution < -0.4 is 10.6 Å². The first-order valence-corrected chi connectivity index (χ1v) is 5.94. The van der Waals surface area contributed by atoms with Crippen LogP contribution in [0.2, 0.25) is 0 Å². The molecule has 0 bridgehead atoms. The van der Waals surface area contributed by atoms with Gasteiger partial charge in [-0.1, -0.05) is 6.07 Å². The maximum Gasteiger partial charge on any atom is 0.225 e. The van der Waals surface area contributed by atoms with Crippen LogP contribution in [0.25, 0.3) is 0 Å². The van der Waals surface area contributed by atoms with E-state index in [1.165, 1.54) is 6.07 Å². The largest absolute Gasteiger partial charge is 0.326 e. The molecule has 0 aromatic heterocycles. The van der Waals surface area contributed by atoms with Crippen LogP contribution >= 0.6 is 12.4 Å². The van der Waals surface area contributed by atoms with Crippen molar-refractivity contribution in [1.29, 1.82) is 0 Å². The topological polar surface area (TPSA) is 41.1 Å². The molecule has 1 aliphatic heterocycles. The lowest BCUT2D eigenvalue weighted by molar-refractivity contribution is -0.116. The highest BCUT2D eigenvalue weighted by atomic mass is 35.5. The van der Waals surface area contributed by atoms with Gasteiger partial charge in [0.2, 0.25) is 5.91 Å². The standard InChI is InChI=1S/C13H17FN2O.ClH/c1-9-4-5-11(7-12(9)14)16-13(17)8-10-3-2-6-15-10;/h4-5,7,10,15H,2-3,6,8H2,1H3,(H,16,17);1H. The molecule has 0 spiro atoms. The summed E-state index contributed by atoms with van der Waals surface area (Å²) in [6.07, 6.45) is 2.61. The second-order valence-electron chi connectivity index (χ2n) is 4.51. The number of benzene rings is 1. The lowest BCUT2D eigenvalue weighted by Crippen LogP contribution is -2.27. The maximum absolute atomic E-state index is 13.3. The number of carbonyl (C=O) groups excluding carboxylic acids is 1. The summed E-state index contributed by atoms with van der Waals surface area (Å²) in [4.78, 5) is 11.7. The van der Waals surface area contributed by atoms with Crippen molar-refractivity contribution in [3.8, 4) is 0 Å². The fourth-order valence-electron chi connectivity index (χ4n) is 2.04. The normalized spacial score (nSPS) is 18.2. The van der Waals surface area contributed by atoms with E-state index < -0.39 is 0 Å². The molecular weight excluding hydrogens is 255 g/mol. The number of carbonyl (C=O) groups is 1. The van der Waals surface area contributed by atoms with Crippen LogP contribution in [-0.2, 0) is 4.79 Å². The molecule has 1 aromatic carbocycles. The van der Waals surface area contributed by atoms with Gasteiger partial charge in [0.05, 0.1) is 0 Å². The van der Waals surface area contributed by atoms with Crippen LogP contribution in [0.5, 0.6) is 0 Å². The zero-order valence-electron chi connectivity index (χ0n) is 10.3. The minimum absolute atomic E-state index is 0. The van der Waals surface area contributed by atoms with E-state index in [0.717, 1.165) is 19.4 Å². The van der Waals surface area contributed by atoms with Crippen molar-refractivity contribution in [3.63, 3.8) is 0 Å². The van der Waals surface area contributed by atoms with Gasteiger partial charge in [0, 0.05) is 18.2 Å². The van der Waals surface area contributed by atoms with Gasteiger partial charge in [0.1, 0.15) is 5.82 Å². The van der Waals surface area contributed by atoms with Crippen molar-refractivity contribution in [1.82, 2.24) is 5.32 Å². The van der Waals surface area contributed by atoms with E-state index in [0.29, 0.717) is 17.7 Å². The van der Waals surface area contributed by atoms with E-state index in [9.17, 15) is 9.18 Å². The average molecular weight is 273 g/mol. The van der Waals surface area contributed by atoms with E-state index in [-0.39, 0.29) is 30.2 Å². The molecule has 2 rings (SSSR count). The first-order valence-electron chi connectivity index (χ1n) is 5.94. The van der Waals surface area contributed by atoms with Crippen molar-refractivity contribution in [2.75, 3.05) is 11.9 Å². The molecule has 3 nitrogen and oxygen atoms in total. The Hall–Kier alpha value is -1.13. The summed E-state index contributed by atoms with van der Waals surface area (Å²) in [7, 11) is 0. The third-order valence-electron chi connectivity index (χ3n) is 3.05. The lowest BCUT2D eigenvalue weighted by atomic mass is 10.1. The van der Waals surface area contributed by atoms with E-state index in [4.69, 9.17) is 0 Å². The van der Waals surface area contributed by atoms with Gasteiger partial charge in [-0.2, -0.15) is 0 Å². The fourth-order valence-corrected chi connectivity index (χ4v) is 2.04. The number of nitrogens with one attached hydrogen (secondary N) is 2. The van der Waals surface area contributed by atoms with Gasteiger partial charge in [-0.05, 0) is 44.0 Å². The number of hydrogen-bond donors (Lipinski definition) is 2. The summed E-state index contributed by atoms with van der Waals surface area (Å²) in [5.74, 6) is -0.352. The second-order valence-corrected chi connectivity index (χ2v) is 4.51. The number of anilines is 1. The van der Waals surface area contributed by atoms with Gasteiger partial charge in [-0.15, -0.1) is 12.4 Å². The van der Waals surface area contributed by atoms with Crippen molar-refractivity contribution in [2.45, 2.75) is 32.2 Å². The molecule has 2 N–H and O–H groups in total. The minimum atomic E-state index is -0.290. The highest BCUT2D eigenvalue weighted by molar-refractivity contribution is 5.91.